The van der Waals surface area contributed by atoms with E-state index in [9.17, 15) is 23.2 Å². The molecule has 212 valence electrons. The SMILES string of the molecule is CC[C@H](C)[C@H](NCCc1ccc(-c2cc(C(=O)c3ccc(F)cc3F)c(N)[nH]c2=O)cc1)C(=O)OC1CCCC1. The molecule has 0 saturated heterocycles. The van der Waals surface area contributed by atoms with Crippen molar-refractivity contribution in [3.63, 3.8) is 0 Å². The van der Waals surface area contributed by atoms with Gasteiger partial charge in [-0.1, -0.05) is 44.5 Å². The molecular formula is C31H35F2N3O4. The van der Waals surface area contributed by atoms with Gasteiger partial charge >= 0.3 is 5.97 Å². The van der Waals surface area contributed by atoms with Gasteiger partial charge in [0.05, 0.1) is 11.1 Å². The quantitative estimate of drug-likeness (QED) is 0.224. The molecule has 2 aromatic carbocycles. The highest BCUT2D eigenvalue weighted by Gasteiger charge is 2.28. The fourth-order valence-electron chi connectivity index (χ4n) is 4.98. The first-order valence-corrected chi connectivity index (χ1v) is 13.7. The van der Waals surface area contributed by atoms with Crippen molar-refractivity contribution in [3.8, 4) is 11.1 Å². The summed E-state index contributed by atoms with van der Waals surface area (Å²) in [6, 6.07) is 10.8. The molecule has 1 heterocycles. The molecule has 4 N–H and O–H groups in total. The summed E-state index contributed by atoms with van der Waals surface area (Å²) in [6.45, 7) is 4.66. The highest BCUT2D eigenvalue weighted by molar-refractivity contribution is 6.12. The largest absolute Gasteiger partial charge is 0.461 e. The number of aromatic amines is 1. The smallest absolute Gasteiger partial charge is 0.323 e. The Bertz CT molecular complexity index is 1420. The summed E-state index contributed by atoms with van der Waals surface area (Å²) >= 11 is 0. The number of halogens is 2. The normalized spacial score (nSPS) is 15.1. The van der Waals surface area contributed by atoms with Crippen LogP contribution >= 0.6 is 0 Å². The van der Waals surface area contributed by atoms with E-state index in [0.717, 1.165) is 49.8 Å². The molecule has 0 bridgehead atoms. The Morgan fingerprint density at radius 2 is 1.77 bits per heavy atom. The summed E-state index contributed by atoms with van der Waals surface area (Å²) in [5.74, 6) is -2.85. The van der Waals surface area contributed by atoms with Crippen LogP contribution in [0, 0.1) is 17.6 Å². The topological polar surface area (TPSA) is 114 Å². The Morgan fingerprint density at radius 1 is 1.07 bits per heavy atom. The molecule has 1 fully saturated rings. The molecule has 7 nitrogen and oxygen atoms in total. The zero-order valence-electron chi connectivity index (χ0n) is 22.8. The number of nitrogen functional groups attached to an aromatic ring is 1. The maximum absolute atomic E-state index is 14.2. The second-order valence-electron chi connectivity index (χ2n) is 10.4. The Kier molecular flexibility index (Phi) is 9.47. The van der Waals surface area contributed by atoms with Crippen molar-refractivity contribution in [2.75, 3.05) is 12.3 Å². The number of anilines is 1. The van der Waals surface area contributed by atoms with Gasteiger partial charge in [0.25, 0.3) is 5.56 Å². The van der Waals surface area contributed by atoms with E-state index in [0.29, 0.717) is 24.6 Å². The summed E-state index contributed by atoms with van der Waals surface area (Å²) in [6.07, 6.45) is 5.58. The van der Waals surface area contributed by atoms with E-state index in [-0.39, 0.29) is 46.5 Å². The van der Waals surface area contributed by atoms with Crippen molar-refractivity contribution in [1.82, 2.24) is 10.3 Å². The summed E-state index contributed by atoms with van der Waals surface area (Å²) in [7, 11) is 0. The van der Waals surface area contributed by atoms with Gasteiger partial charge in [0.15, 0.2) is 5.78 Å². The summed E-state index contributed by atoms with van der Waals surface area (Å²) in [5.41, 5.74) is 6.66. The predicted octanol–water partition coefficient (Wildman–Crippen LogP) is 5.17. The molecule has 0 unspecified atom stereocenters. The third-order valence-corrected chi connectivity index (χ3v) is 7.59. The van der Waals surface area contributed by atoms with Crippen LogP contribution in [0.3, 0.4) is 0 Å². The zero-order chi connectivity index (χ0) is 28.8. The molecule has 0 spiro atoms. The summed E-state index contributed by atoms with van der Waals surface area (Å²) < 4.78 is 33.3. The van der Waals surface area contributed by atoms with Gasteiger partial charge < -0.3 is 20.8 Å². The van der Waals surface area contributed by atoms with Crippen molar-refractivity contribution in [2.45, 2.75) is 64.5 Å². The molecule has 1 saturated carbocycles. The van der Waals surface area contributed by atoms with Gasteiger partial charge in [-0.25, -0.2) is 8.78 Å². The van der Waals surface area contributed by atoms with Crippen molar-refractivity contribution in [3.05, 3.63) is 87.2 Å². The van der Waals surface area contributed by atoms with E-state index in [1.165, 1.54) is 6.07 Å². The minimum Gasteiger partial charge on any atom is -0.461 e. The first-order chi connectivity index (χ1) is 19.2. The van der Waals surface area contributed by atoms with Gasteiger partial charge in [-0.15, -0.1) is 0 Å². The van der Waals surface area contributed by atoms with E-state index in [1.54, 1.807) is 12.1 Å². The number of ketones is 1. The highest BCUT2D eigenvalue weighted by Crippen LogP contribution is 2.24. The lowest BCUT2D eigenvalue weighted by atomic mass is 9.97. The monoisotopic (exact) mass is 551 g/mol. The number of nitrogens with one attached hydrogen (secondary N) is 2. The Labute approximate surface area is 232 Å². The minimum absolute atomic E-state index is 0.0235. The number of H-pyrrole nitrogens is 1. The van der Waals surface area contributed by atoms with Crippen LogP contribution in [0.1, 0.15) is 67.4 Å². The van der Waals surface area contributed by atoms with Crippen molar-refractivity contribution in [2.24, 2.45) is 5.92 Å². The first kappa shape index (κ1) is 29.1. The van der Waals surface area contributed by atoms with E-state index < -0.39 is 23.0 Å². The Morgan fingerprint density at radius 3 is 2.42 bits per heavy atom. The predicted molar refractivity (Wildman–Crippen MR) is 150 cm³/mol. The maximum atomic E-state index is 14.2. The van der Waals surface area contributed by atoms with Crippen LogP contribution < -0.4 is 16.6 Å². The lowest BCUT2D eigenvalue weighted by molar-refractivity contribution is -0.152. The van der Waals surface area contributed by atoms with Crippen LogP contribution in [-0.4, -0.2) is 35.4 Å². The van der Waals surface area contributed by atoms with Gasteiger partial charge in [-0.2, -0.15) is 0 Å². The molecule has 0 amide bonds. The lowest BCUT2D eigenvalue weighted by Crippen LogP contribution is -2.44. The Balaban J connectivity index is 1.44. The molecule has 1 aromatic heterocycles. The molecule has 2 atom stereocenters. The van der Waals surface area contributed by atoms with E-state index in [1.807, 2.05) is 19.1 Å². The fraction of sp³-hybridized carbons (Fsp3) is 0.387. The van der Waals surface area contributed by atoms with E-state index in [2.05, 4.69) is 17.2 Å². The van der Waals surface area contributed by atoms with Crippen LogP contribution in [0.15, 0.2) is 53.3 Å². The number of aromatic nitrogens is 1. The Hall–Kier alpha value is -3.85. The van der Waals surface area contributed by atoms with Crippen LogP contribution in [0.5, 0.6) is 0 Å². The number of ether oxygens (including phenoxy) is 1. The molecule has 1 aliphatic rings. The van der Waals surface area contributed by atoms with Crippen LogP contribution in [0.2, 0.25) is 0 Å². The van der Waals surface area contributed by atoms with Crippen LogP contribution in [0.25, 0.3) is 11.1 Å². The van der Waals surface area contributed by atoms with Crippen molar-refractivity contribution in [1.29, 1.82) is 0 Å². The first-order valence-electron chi connectivity index (χ1n) is 13.7. The second kappa shape index (κ2) is 13.0. The van der Waals surface area contributed by atoms with Crippen LogP contribution in [0.4, 0.5) is 14.6 Å². The summed E-state index contributed by atoms with van der Waals surface area (Å²) in [4.78, 5) is 40.8. The molecule has 0 aliphatic heterocycles. The van der Waals surface area contributed by atoms with Crippen molar-refractivity contribution < 1.29 is 23.1 Å². The lowest BCUT2D eigenvalue weighted by Gasteiger charge is -2.24. The third-order valence-electron chi connectivity index (χ3n) is 7.59. The van der Waals surface area contributed by atoms with Gasteiger partial charge in [-0.3, -0.25) is 14.4 Å². The minimum atomic E-state index is -1.02. The number of rotatable bonds is 11. The van der Waals surface area contributed by atoms with Gasteiger partial charge in [0.2, 0.25) is 0 Å². The molecule has 9 heteroatoms. The maximum Gasteiger partial charge on any atom is 0.323 e. The average molecular weight is 552 g/mol. The molecule has 3 aromatic rings. The number of hydrogen-bond donors (Lipinski definition) is 3. The standard InChI is InChI=1S/C31H35F2N3O4/c1-3-18(2)27(31(39)40-22-6-4-5-7-22)35-15-14-19-8-10-20(11-9-19)24-17-25(29(34)36-30(24)38)28(37)23-13-12-21(32)16-26(23)33/h8-13,16-18,22,27,35H,3-7,14-15H2,1-2H3,(H3,34,36,38)/t18-,27-/m0/s1. The van der Waals surface area contributed by atoms with E-state index >= 15 is 0 Å². The molecule has 40 heavy (non-hydrogen) atoms. The highest BCUT2D eigenvalue weighted by atomic mass is 19.1. The third kappa shape index (κ3) is 6.83. The molecule has 4 rings (SSSR count). The average Bonchev–Trinajstić information content (AvgIpc) is 3.44. The number of benzene rings is 2. The van der Waals surface area contributed by atoms with Gasteiger partial charge in [-0.05, 0) is 73.9 Å². The number of pyridine rings is 1. The number of esters is 1. The van der Waals surface area contributed by atoms with Gasteiger partial charge in [0.1, 0.15) is 29.6 Å². The number of carbonyl (C=O) groups excluding carboxylic acids is 2. The fourth-order valence-corrected chi connectivity index (χ4v) is 4.98. The molecule has 1 aliphatic carbocycles. The second-order valence-corrected chi connectivity index (χ2v) is 10.4. The van der Waals surface area contributed by atoms with Crippen molar-refractivity contribution >= 4 is 17.6 Å². The number of carbonyl (C=O) groups is 2. The number of hydrogen-bond acceptors (Lipinski definition) is 6. The summed E-state index contributed by atoms with van der Waals surface area (Å²) in [5, 5.41) is 3.36. The molecule has 0 radical (unpaired) electrons. The van der Waals surface area contributed by atoms with Crippen LogP contribution in [-0.2, 0) is 16.0 Å². The van der Waals surface area contributed by atoms with Gasteiger partial charge in [0, 0.05) is 11.6 Å². The van der Waals surface area contributed by atoms with E-state index in [4.69, 9.17) is 10.5 Å². The molecular weight excluding hydrogens is 516 g/mol. The zero-order valence-corrected chi connectivity index (χ0v) is 22.8. The number of nitrogens with two attached hydrogens (primary N) is 1.